The Kier molecular flexibility index (Phi) is 2.76. The van der Waals surface area contributed by atoms with E-state index >= 15 is 0 Å². The molecule has 0 amide bonds. The Hall–Kier alpha value is -0.980. The van der Waals surface area contributed by atoms with E-state index in [0.29, 0.717) is 11.5 Å². The van der Waals surface area contributed by atoms with Crippen LogP contribution in [0.1, 0.15) is 47.1 Å². The highest BCUT2D eigenvalue weighted by atomic mass is 15.2. The van der Waals surface area contributed by atoms with Crippen LogP contribution in [0.2, 0.25) is 0 Å². The van der Waals surface area contributed by atoms with Crippen LogP contribution in [-0.4, -0.2) is 11.6 Å². The summed E-state index contributed by atoms with van der Waals surface area (Å²) in [6.07, 6.45) is 1.18. The van der Waals surface area contributed by atoms with Crippen LogP contribution < -0.4 is 4.90 Å². The Morgan fingerprint density at radius 1 is 1.00 bits per heavy atom. The van der Waals surface area contributed by atoms with Gasteiger partial charge >= 0.3 is 0 Å². The summed E-state index contributed by atoms with van der Waals surface area (Å²) in [6.45, 7) is 14.0. The average Bonchev–Trinajstić information content (AvgIpc) is 2.54. The first-order chi connectivity index (χ1) is 7.71. The van der Waals surface area contributed by atoms with Crippen molar-refractivity contribution in [2.24, 2.45) is 5.41 Å². The molecule has 1 aliphatic rings. The first kappa shape index (κ1) is 12.5. The van der Waals surface area contributed by atoms with Gasteiger partial charge in [-0.05, 0) is 44.2 Å². The van der Waals surface area contributed by atoms with Gasteiger partial charge in [0, 0.05) is 17.3 Å². The molecule has 1 heterocycles. The Balaban J connectivity index is 2.48. The normalized spacial score (nSPS) is 20.6. The summed E-state index contributed by atoms with van der Waals surface area (Å²) in [4.78, 5) is 2.61. The molecule has 1 nitrogen and oxygen atoms in total. The predicted molar refractivity (Wildman–Crippen MR) is 75.6 cm³/mol. The fraction of sp³-hybridized carbons (Fsp3) is 0.625. The largest absolute Gasteiger partial charge is 0.363 e. The van der Waals surface area contributed by atoms with Crippen molar-refractivity contribution in [3.05, 3.63) is 29.8 Å². The molecule has 0 radical (unpaired) electrons. The number of anilines is 1. The van der Waals surface area contributed by atoms with Crippen LogP contribution >= 0.6 is 0 Å². The van der Waals surface area contributed by atoms with Crippen molar-refractivity contribution in [3.63, 3.8) is 0 Å². The van der Waals surface area contributed by atoms with Crippen molar-refractivity contribution in [2.75, 3.05) is 4.90 Å². The van der Waals surface area contributed by atoms with E-state index in [2.05, 4.69) is 70.7 Å². The van der Waals surface area contributed by atoms with E-state index in [1.54, 1.807) is 0 Å². The molecule has 1 aliphatic heterocycles. The average molecular weight is 231 g/mol. The van der Waals surface area contributed by atoms with Gasteiger partial charge in [0.05, 0.1) is 0 Å². The standard InChI is InChI=1S/C16H25N/c1-15(2,3)14-11-12-9-7-8-10-13(12)17(14)16(4,5)6/h7-10,14H,11H2,1-6H3. The summed E-state index contributed by atoms with van der Waals surface area (Å²) >= 11 is 0. The van der Waals surface area contributed by atoms with E-state index < -0.39 is 0 Å². The van der Waals surface area contributed by atoms with E-state index in [9.17, 15) is 0 Å². The van der Waals surface area contributed by atoms with Crippen LogP contribution in [0.25, 0.3) is 0 Å². The van der Waals surface area contributed by atoms with Gasteiger partial charge in [-0.2, -0.15) is 0 Å². The minimum absolute atomic E-state index is 0.185. The smallest absolute Gasteiger partial charge is 0.0406 e. The lowest BCUT2D eigenvalue weighted by Gasteiger charge is -2.45. The second kappa shape index (κ2) is 3.76. The van der Waals surface area contributed by atoms with E-state index in [4.69, 9.17) is 0 Å². The van der Waals surface area contributed by atoms with Gasteiger partial charge in [0.2, 0.25) is 0 Å². The lowest BCUT2D eigenvalue weighted by atomic mass is 9.83. The van der Waals surface area contributed by atoms with Gasteiger partial charge in [0.15, 0.2) is 0 Å². The minimum Gasteiger partial charge on any atom is -0.363 e. The van der Waals surface area contributed by atoms with Crippen molar-refractivity contribution >= 4 is 5.69 Å². The second-order valence-electron chi connectivity index (χ2n) is 7.26. The zero-order valence-electron chi connectivity index (χ0n) is 12.0. The monoisotopic (exact) mass is 231 g/mol. The molecule has 0 saturated carbocycles. The lowest BCUT2D eigenvalue weighted by Crippen LogP contribution is -2.51. The van der Waals surface area contributed by atoms with E-state index in [1.807, 2.05) is 0 Å². The maximum atomic E-state index is 2.61. The third-order valence-corrected chi connectivity index (χ3v) is 3.70. The molecule has 0 bridgehead atoms. The molecule has 0 aliphatic carbocycles. The maximum absolute atomic E-state index is 2.61. The van der Waals surface area contributed by atoms with Crippen LogP contribution in [0.3, 0.4) is 0 Å². The molecule has 0 saturated heterocycles. The molecule has 0 spiro atoms. The highest BCUT2D eigenvalue weighted by Gasteiger charge is 2.41. The van der Waals surface area contributed by atoms with Crippen LogP contribution in [0.4, 0.5) is 5.69 Å². The number of hydrogen-bond acceptors (Lipinski definition) is 1. The number of para-hydroxylation sites is 1. The number of fused-ring (bicyclic) bond motifs is 1. The predicted octanol–water partition coefficient (Wildman–Crippen LogP) is 4.26. The zero-order valence-corrected chi connectivity index (χ0v) is 12.0. The molecule has 94 valence electrons. The molecule has 1 heteroatoms. The number of nitrogens with zero attached hydrogens (tertiary/aromatic N) is 1. The third-order valence-electron chi connectivity index (χ3n) is 3.70. The molecule has 0 aromatic heterocycles. The van der Waals surface area contributed by atoms with Crippen LogP contribution in [0, 0.1) is 5.41 Å². The quantitative estimate of drug-likeness (QED) is 0.645. The summed E-state index contributed by atoms with van der Waals surface area (Å²) in [7, 11) is 0. The van der Waals surface area contributed by atoms with Crippen molar-refractivity contribution < 1.29 is 0 Å². The fourth-order valence-electron chi connectivity index (χ4n) is 2.91. The van der Waals surface area contributed by atoms with E-state index in [-0.39, 0.29) is 5.54 Å². The van der Waals surface area contributed by atoms with Crippen LogP contribution in [0.15, 0.2) is 24.3 Å². The van der Waals surface area contributed by atoms with Gasteiger partial charge in [-0.25, -0.2) is 0 Å². The van der Waals surface area contributed by atoms with Crippen LogP contribution in [-0.2, 0) is 6.42 Å². The summed E-state index contributed by atoms with van der Waals surface area (Å²) in [5, 5.41) is 0. The minimum atomic E-state index is 0.185. The van der Waals surface area contributed by atoms with Crippen molar-refractivity contribution in [1.29, 1.82) is 0 Å². The van der Waals surface area contributed by atoms with Gasteiger partial charge < -0.3 is 4.90 Å². The molecule has 1 aromatic carbocycles. The number of rotatable bonds is 0. The fourth-order valence-corrected chi connectivity index (χ4v) is 2.91. The lowest BCUT2D eigenvalue weighted by molar-refractivity contribution is 0.277. The van der Waals surface area contributed by atoms with Gasteiger partial charge in [-0.3, -0.25) is 0 Å². The summed E-state index contributed by atoms with van der Waals surface area (Å²) < 4.78 is 0. The Bertz CT molecular complexity index is 406. The molecule has 0 N–H and O–H groups in total. The molecule has 1 unspecified atom stereocenters. The van der Waals surface area contributed by atoms with Crippen molar-refractivity contribution in [2.45, 2.75) is 59.5 Å². The molecule has 2 rings (SSSR count). The van der Waals surface area contributed by atoms with Gasteiger partial charge in [-0.15, -0.1) is 0 Å². The molecular formula is C16H25N. The second-order valence-corrected chi connectivity index (χ2v) is 7.26. The first-order valence-electron chi connectivity index (χ1n) is 6.58. The van der Waals surface area contributed by atoms with E-state index in [0.717, 1.165) is 0 Å². The van der Waals surface area contributed by atoms with Crippen LogP contribution in [0.5, 0.6) is 0 Å². The third kappa shape index (κ3) is 2.20. The van der Waals surface area contributed by atoms with Crippen molar-refractivity contribution in [1.82, 2.24) is 0 Å². The zero-order chi connectivity index (χ0) is 12.8. The summed E-state index contributed by atoms with van der Waals surface area (Å²) in [5.41, 5.74) is 3.43. The summed E-state index contributed by atoms with van der Waals surface area (Å²) in [5.74, 6) is 0. The van der Waals surface area contributed by atoms with Gasteiger partial charge in [0.25, 0.3) is 0 Å². The highest BCUT2D eigenvalue weighted by Crippen LogP contribution is 2.43. The maximum Gasteiger partial charge on any atom is 0.0406 e. The SMILES string of the molecule is CC(C)(C)C1Cc2ccccc2N1C(C)(C)C. The number of benzene rings is 1. The molecule has 1 aromatic rings. The molecule has 1 atom stereocenters. The topological polar surface area (TPSA) is 3.24 Å². The first-order valence-corrected chi connectivity index (χ1v) is 6.58. The van der Waals surface area contributed by atoms with Gasteiger partial charge in [0.1, 0.15) is 0 Å². The Labute approximate surface area is 106 Å². The molecule has 0 fully saturated rings. The molecule has 17 heavy (non-hydrogen) atoms. The van der Waals surface area contributed by atoms with Crippen molar-refractivity contribution in [3.8, 4) is 0 Å². The van der Waals surface area contributed by atoms with Gasteiger partial charge in [-0.1, -0.05) is 39.0 Å². The Morgan fingerprint density at radius 2 is 1.59 bits per heavy atom. The Morgan fingerprint density at radius 3 is 2.12 bits per heavy atom. The molecular weight excluding hydrogens is 206 g/mol. The summed E-state index contributed by atoms with van der Waals surface area (Å²) in [6, 6.07) is 9.46. The number of hydrogen-bond donors (Lipinski definition) is 0. The highest BCUT2D eigenvalue weighted by molar-refractivity contribution is 5.61. The van der Waals surface area contributed by atoms with E-state index in [1.165, 1.54) is 17.7 Å².